The molecule has 2 aromatic carbocycles. The van der Waals surface area contributed by atoms with Gasteiger partial charge in [-0.2, -0.15) is 0 Å². The molecule has 2 rings (SSSR count). The lowest BCUT2D eigenvalue weighted by Gasteiger charge is -2.08. The molecule has 0 aliphatic heterocycles. The average molecular weight is 315 g/mol. The van der Waals surface area contributed by atoms with Gasteiger partial charge in [0, 0.05) is 18.8 Å². The van der Waals surface area contributed by atoms with Crippen molar-refractivity contribution in [1.82, 2.24) is 0 Å². The summed E-state index contributed by atoms with van der Waals surface area (Å²) in [6.07, 6.45) is 0. The molecule has 110 valence electrons. The molecule has 0 heterocycles. The van der Waals surface area contributed by atoms with Crippen molar-refractivity contribution in [3.63, 3.8) is 0 Å². The molecule has 0 saturated carbocycles. The van der Waals surface area contributed by atoms with E-state index in [-0.39, 0.29) is 24.8 Å². The second kappa shape index (κ2) is 10.4. The molecule has 0 fully saturated rings. The first-order chi connectivity index (χ1) is 8.88. The Balaban J connectivity index is 0.00000180. The van der Waals surface area contributed by atoms with Gasteiger partial charge in [0.2, 0.25) is 0 Å². The Labute approximate surface area is 132 Å². The first-order valence-electron chi connectivity index (χ1n) is 6.09. The highest BCUT2D eigenvalue weighted by molar-refractivity contribution is 5.85. The third-order valence-electron chi connectivity index (χ3n) is 2.58. The van der Waals surface area contributed by atoms with E-state index >= 15 is 0 Å². The second-order valence-electron chi connectivity index (χ2n) is 4.01. The molecule has 0 amide bonds. The molecule has 0 unspecified atom stereocenters. The Morgan fingerprint density at radius 2 is 1.55 bits per heavy atom. The SMILES string of the molecule is Cl.Cl.NCCNc1ccc(OCc2ccccc2)cc1. The van der Waals surface area contributed by atoms with Gasteiger partial charge >= 0.3 is 0 Å². The smallest absolute Gasteiger partial charge is 0.119 e. The zero-order valence-corrected chi connectivity index (χ0v) is 12.8. The zero-order chi connectivity index (χ0) is 12.6. The molecule has 0 saturated heterocycles. The largest absolute Gasteiger partial charge is 0.489 e. The minimum Gasteiger partial charge on any atom is -0.489 e. The van der Waals surface area contributed by atoms with Crippen LogP contribution in [0.4, 0.5) is 5.69 Å². The summed E-state index contributed by atoms with van der Waals surface area (Å²) >= 11 is 0. The minimum atomic E-state index is 0. The van der Waals surface area contributed by atoms with Crippen LogP contribution in [0, 0.1) is 0 Å². The first-order valence-corrected chi connectivity index (χ1v) is 6.09. The third-order valence-corrected chi connectivity index (χ3v) is 2.58. The molecule has 3 nitrogen and oxygen atoms in total. The quantitative estimate of drug-likeness (QED) is 0.858. The molecule has 0 atom stereocenters. The Bertz CT molecular complexity index is 463. The Morgan fingerprint density at radius 3 is 2.15 bits per heavy atom. The molecule has 0 aliphatic rings. The van der Waals surface area contributed by atoms with Crippen LogP contribution in [0.1, 0.15) is 5.56 Å². The molecular weight excluding hydrogens is 295 g/mol. The molecule has 20 heavy (non-hydrogen) atoms. The van der Waals surface area contributed by atoms with E-state index in [0.29, 0.717) is 13.2 Å². The predicted octanol–water partition coefficient (Wildman–Crippen LogP) is 3.48. The average Bonchev–Trinajstić information content (AvgIpc) is 2.45. The molecule has 0 aromatic heterocycles. The van der Waals surface area contributed by atoms with Crippen molar-refractivity contribution in [3.8, 4) is 5.75 Å². The van der Waals surface area contributed by atoms with Gasteiger partial charge in [0.15, 0.2) is 0 Å². The lowest BCUT2D eigenvalue weighted by Crippen LogP contribution is -2.12. The highest BCUT2D eigenvalue weighted by Gasteiger charge is 1.96. The summed E-state index contributed by atoms with van der Waals surface area (Å²) in [6, 6.07) is 18.0. The summed E-state index contributed by atoms with van der Waals surface area (Å²) in [6.45, 7) is 2.01. The number of nitrogens with one attached hydrogen (secondary N) is 1. The predicted molar refractivity (Wildman–Crippen MR) is 89.3 cm³/mol. The molecular formula is C15H20Cl2N2O. The van der Waals surface area contributed by atoms with Gasteiger partial charge < -0.3 is 15.8 Å². The fraction of sp³-hybridized carbons (Fsp3) is 0.200. The second-order valence-corrected chi connectivity index (χ2v) is 4.01. The number of hydrogen-bond acceptors (Lipinski definition) is 3. The lowest BCUT2D eigenvalue weighted by molar-refractivity contribution is 0.306. The number of halogens is 2. The summed E-state index contributed by atoms with van der Waals surface area (Å²) in [4.78, 5) is 0. The van der Waals surface area contributed by atoms with E-state index < -0.39 is 0 Å². The van der Waals surface area contributed by atoms with Crippen molar-refractivity contribution < 1.29 is 4.74 Å². The van der Waals surface area contributed by atoms with Crippen LogP contribution in [0.3, 0.4) is 0 Å². The Morgan fingerprint density at radius 1 is 0.900 bits per heavy atom. The van der Waals surface area contributed by atoms with Crippen molar-refractivity contribution in [1.29, 1.82) is 0 Å². The minimum absolute atomic E-state index is 0. The third kappa shape index (κ3) is 6.15. The summed E-state index contributed by atoms with van der Waals surface area (Å²) in [5.74, 6) is 0.872. The topological polar surface area (TPSA) is 47.3 Å². The first kappa shape index (κ1) is 18.6. The van der Waals surface area contributed by atoms with Crippen LogP contribution in [0.5, 0.6) is 5.75 Å². The van der Waals surface area contributed by atoms with Crippen LogP contribution in [-0.2, 0) is 6.61 Å². The number of benzene rings is 2. The van der Waals surface area contributed by atoms with E-state index in [1.165, 1.54) is 5.56 Å². The van der Waals surface area contributed by atoms with Crippen molar-refractivity contribution in [2.24, 2.45) is 5.73 Å². The van der Waals surface area contributed by atoms with Crippen molar-refractivity contribution in [3.05, 3.63) is 60.2 Å². The van der Waals surface area contributed by atoms with Gasteiger partial charge in [-0.25, -0.2) is 0 Å². The highest BCUT2D eigenvalue weighted by Crippen LogP contribution is 2.16. The molecule has 3 N–H and O–H groups in total. The molecule has 0 bridgehead atoms. The Hall–Kier alpha value is -1.42. The number of hydrogen-bond donors (Lipinski definition) is 2. The van der Waals surface area contributed by atoms with Crippen LogP contribution in [0.2, 0.25) is 0 Å². The van der Waals surface area contributed by atoms with Gasteiger partial charge in [0.1, 0.15) is 12.4 Å². The van der Waals surface area contributed by atoms with E-state index in [0.717, 1.165) is 18.0 Å². The molecule has 5 heteroatoms. The van der Waals surface area contributed by atoms with Crippen LogP contribution in [0.15, 0.2) is 54.6 Å². The number of anilines is 1. The Kier molecular flexibility index (Phi) is 9.64. The standard InChI is InChI=1S/C15H18N2O.2ClH/c16-10-11-17-14-6-8-15(9-7-14)18-12-13-4-2-1-3-5-13;;/h1-9,17H,10-12,16H2;2*1H. The van der Waals surface area contributed by atoms with Crippen LogP contribution in [0.25, 0.3) is 0 Å². The van der Waals surface area contributed by atoms with Gasteiger partial charge in [-0.15, -0.1) is 24.8 Å². The molecule has 0 aliphatic carbocycles. The monoisotopic (exact) mass is 314 g/mol. The van der Waals surface area contributed by atoms with E-state index in [2.05, 4.69) is 17.4 Å². The van der Waals surface area contributed by atoms with Gasteiger partial charge in [-0.05, 0) is 29.8 Å². The van der Waals surface area contributed by atoms with E-state index in [1.807, 2.05) is 42.5 Å². The van der Waals surface area contributed by atoms with Crippen LogP contribution >= 0.6 is 24.8 Å². The summed E-state index contributed by atoms with van der Waals surface area (Å²) in [7, 11) is 0. The highest BCUT2D eigenvalue weighted by atomic mass is 35.5. The fourth-order valence-corrected chi connectivity index (χ4v) is 1.63. The molecule has 2 aromatic rings. The van der Waals surface area contributed by atoms with Gasteiger partial charge in [-0.3, -0.25) is 0 Å². The lowest BCUT2D eigenvalue weighted by atomic mass is 10.2. The summed E-state index contributed by atoms with van der Waals surface area (Å²) < 4.78 is 5.70. The number of nitrogens with two attached hydrogens (primary N) is 1. The van der Waals surface area contributed by atoms with Gasteiger partial charge in [0.25, 0.3) is 0 Å². The molecule has 0 spiro atoms. The van der Waals surface area contributed by atoms with E-state index in [9.17, 15) is 0 Å². The number of rotatable bonds is 6. The van der Waals surface area contributed by atoms with Crippen LogP contribution in [-0.4, -0.2) is 13.1 Å². The van der Waals surface area contributed by atoms with Crippen molar-refractivity contribution in [2.45, 2.75) is 6.61 Å². The maximum Gasteiger partial charge on any atom is 0.119 e. The summed E-state index contributed by atoms with van der Waals surface area (Å²) in [5.41, 5.74) is 7.66. The maximum absolute atomic E-state index is 5.70. The van der Waals surface area contributed by atoms with Gasteiger partial charge in [-0.1, -0.05) is 30.3 Å². The normalized spacial score (nSPS) is 9.05. The maximum atomic E-state index is 5.70. The van der Waals surface area contributed by atoms with Gasteiger partial charge in [0.05, 0.1) is 0 Å². The fourth-order valence-electron chi connectivity index (χ4n) is 1.63. The van der Waals surface area contributed by atoms with Crippen molar-refractivity contribution in [2.75, 3.05) is 18.4 Å². The zero-order valence-electron chi connectivity index (χ0n) is 11.1. The molecule has 0 radical (unpaired) electrons. The summed E-state index contributed by atoms with van der Waals surface area (Å²) in [5, 5.41) is 3.21. The van der Waals surface area contributed by atoms with Crippen molar-refractivity contribution >= 4 is 30.5 Å². The van der Waals surface area contributed by atoms with Crippen LogP contribution < -0.4 is 15.8 Å². The van der Waals surface area contributed by atoms with E-state index in [4.69, 9.17) is 10.5 Å². The van der Waals surface area contributed by atoms with E-state index in [1.54, 1.807) is 0 Å². The number of ether oxygens (including phenoxy) is 1.